The summed E-state index contributed by atoms with van der Waals surface area (Å²) in [5.74, 6) is 0.773. The van der Waals surface area contributed by atoms with Crippen molar-refractivity contribution in [2.45, 2.75) is 39.2 Å². The van der Waals surface area contributed by atoms with Gasteiger partial charge in [0.25, 0.3) is 0 Å². The Bertz CT molecular complexity index is 399. The Labute approximate surface area is 109 Å². The van der Waals surface area contributed by atoms with Crippen LogP contribution in [0.15, 0.2) is 24.3 Å². The fraction of sp³-hybridized carbons (Fsp3) is 0.533. The summed E-state index contributed by atoms with van der Waals surface area (Å²) in [5.41, 5.74) is 2.12. The van der Waals surface area contributed by atoms with Gasteiger partial charge in [-0.3, -0.25) is 4.79 Å². The standard InChI is InChI=1S/C15H22N2O/c1-2-16-11-13-7-4-8-14(9-13)17-15(18)10-12-5-3-6-12/h4,7-9,12,16H,2-3,5-6,10-11H2,1H3,(H,17,18). The van der Waals surface area contributed by atoms with Gasteiger partial charge in [0.1, 0.15) is 0 Å². The fourth-order valence-electron chi connectivity index (χ4n) is 2.20. The Hall–Kier alpha value is -1.35. The van der Waals surface area contributed by atoms with E-state index in [0.29, 0.717) is 12.3 Å². The van der Waals surface area contributed by atoms with Crippen molar-refractivity contribution in [3.63, 3.8) is 0 Å². The van der Waals surface area contributed by atoms with Crippen molar-refractivity contribution >= 4 is 11.6 Å². The van der Waals surface area contributed by atoms with E-state index in [1.807, 2.05) is 18.2 Å². The van der Waals surface area contributed by atoms with Crippen LogP contribution < -0.4 is 10.6 Å². The molecule has 1 aromatic rings. The van der Waals surface area contributed by atoms with Gasteiger partial charge in [0.05, 0.1) is 0 Å². The van der Waals surface area contributed by atoms with Crippen LogP contribution in [0.5, 0.6) is 0 Å². The van der Waals surface area contributed by atoms with Crippen molar-refractivity contribution < 1.29 is 4.79 Å². The van der Waals surface area contributed by atoms with E-state index in [0.717, 1.165) is 18.8 Å². The lowest BCUT2D eigenvalue weighted by molar-refractivity contribution is -0.117. The number of anilines is 1. The second-order valence-corrected chi connectivity index (χ2v) is 5.03. The SMILES string of the molecule is CCNCc1cccc(NC(=O)CC2CCC2)c1. The summed E-state index contributed by atoms with van der Waals surface area (Å²) in [4.78, 5) is 11.8. The second kappa shape index (κ2) is 6.55. The maximum Gasteiger partial charge on any atom is 0.224 e. The summed E-state index contributed by atoms with van der Waals surface area (Å²) in [5, 5.41) is 6.27. The van der Waals surface area contributed by atoms with Crippen LogP contribution in [-0.2, 0) is 11.3 Å². The molecule has 0 radical (unpaired) electrons. The highest BCUT2D eigenvalue weighted by atomic mass is 16.1. The number of carbonyl (C=O) groups excluding carboxylic acids is 1. The van der Waals surface area contributed by atoms with Gasteiger partial charge in [-0.05, 0) is 43.0 Å². The van der Waals surface area contributed by atoms with Crippen LogP contribution >= 0.6 is 0 Å². The molecule has 1 aromatic carbocycles. The van der Waals surface area contributed by atoms with Crippen LogP contribution in [0.3, 0.4) is 0 Å². The van der Waals surface area contributed by atoms with Crippen molar-refractivity contribution in [3.8, 4) is 0 Å². The maximum absolute atomic E-state index is 11.8. The van der Waals surface area contributed by atoms with Crippen LogP contribution in [0.2, 0.25) is 0 Å². The molecule has 0 aromatic heterocycles. The van der Waals surface area contributed by atoms with E-state index in [-0.39, 0.29) is 5.91 Å². The van der Waals surface area contributed by atoms with Crippen LogP contribution in [0, 0.1) is 5.92 Å². The highest BCUT2D eigenvalue weighted by Gasteiger charge is 2.20. The lowest BCUT2D eigenvalue weighted by Gasteiger charge is -2.24. The fourth-order valence-corrected chi connectivity index (χ4v) is 2.20. The topological polar surface area (TPSA) is 41.1 Å². The Morgan fingerprint density at radius 3 is 2.89 bits per heavy atom. The molecule has 3 heteroatoms. The highest BCUT2D eigenvalue weighted by Crippen LogP contribution is 2.29. The summed E-state index contributed by atoms with van der Waals surface area (Å²) in [6, 6.07) is 8.06. The number of benzene rings is 1. The molecule has 1 fully saturated rings. The van der Waals surface area contributed by atoms with Crippen molar-refractivity contribution in [2.24, 2.45) is 5.92 Å². The molecule has 98 valence electrons. The summed E-state index contributed by atoms with van der Waals surface area (Å²) < 4.78 is 0. The highest BCUT2D eigenvalue weighted by molar-refractivity contribution is 5.90. The van der Waals surface area contributed by atoms with Crippen LogP contribution in [-0.4, -0.2) is 12.5 Å². The summed E-state index contributed by atoms with van der Waals surface area (Å²) in [6.45, 7) is 3.89. The van der Waals surface area contributed by atoms with Crippen molar-refractivity contribution in [1.29, 1.82) is 0 Å². The zero-order valence-corrected chi connectivity index (χ0v) is 11.0. The van der Waals surface area contributed by atoms with Crippen molar-refractivity contribution in [1.82, 2.24) is 5.32 Å². The van der Waals surface area contributed by atoms with Crippen LogP contribution in [0.1, 0.15) is 38.2 Å². The van der Waals surface area contributed by atoms with Crippen molar-refractivity contribution in [3.05, 3.63) is 29.8 Å². The molecule has 0 aliphatic heterocycles. The lowest BCUT2D eigenvalue weighted by Crippen LogP contribution is -2.21. The minimum Gasteiger partial charge on any atom is -0.326 e. The van der Waals surface area contributed by atoms with E-state index < -0.39 is 0 Å². The van der Waals surface area contributed by atoms with Gasteiger partial charge in [-0.15, -0.1) is 0 Å². The van der Waals surface area contributed by atoms with E-state index in [1.54, 1.807) is 0 Å². The Morgan fingerprint density at radius 2 is 2.22 bits per heavy atom. The predicted octanol–water partition coefficient (Wildman–Crippen LogP) is 2.92. The Kier molecular flexibility index (Phi) is 4.76. The van der Waals surface area contributed by atoms with Crippen molar-refractivity contribution in [2.75, 3.05) is 11.9 Å². The first-order valence-corrected chi connectivity index (χ1v) is 6.87. The van der Waals surface area contributed by atoms with Gasteiger partial charge in [-0.1, -0.05) is 25.5 Å². The number of carbonyl (C=O) groups is 1. The van der Waals surface area contributed by atoms with Gasteiger partial charge in [0, 0.05) is 18.7 Å². The van der Waals surface area contributed by atoms with Gasteiger partial charge in [-0.2, -0.15) is 0 Å². The average molecular weight is 246 g/mol. The third kappa shape index (κ3) is 3.84. The smallest absolute Gasteiger partial charge is 0.224 e. The molecule has 18 heavy (non-hydrogen) atoms. The number of amides is 1. The van der Waals surface area contributed by atoms with Gasteiger partial charge in [0.2, 0.25) is 5.91 Å². The zero-order valence-electron chi connectivity index (χ0n) is 11.0. The molecule has 1 amide bonds. The molecule has 0 spiro atoms. The van der Waals surface area contributed by atoms with E-state index >= 15 is 0 Å². The zero-order chi connectivity index (χ0) is 12.8. The number of hydrogen-bond donors (Lipinski definition) is 2. The van der Waals surface area contributed by atoms with Gasteiger partial charge < -0.3 is 10.6 Å². The molecule has 1 aliphatic carbocycles. The van der Waals surface area contributed by atoms with E-state index in [1.165, 1.54) is 24.8 Å². The normalized spacial score (nSPS) is 15.2. The molecule has 2 rings (SSSR count). The first kappa shape index (κ1) is 13.1. The summed E-state index contributed by atoms with van der Waals surface area (Å²) >= 11 is 0. The predicted molar refractivity (Wildman–Crippen MR) is 74.4 cm³/mol. The molecule has 0 atom stereocenters. The second-order valence-electron chi connectivity index (χ2n) is 5.03. The molecule has 2 N–H and O–H groups in total. The Balaban J connectivity index is 1.85. The average Bonchev–Trinajstić information content (AvgIpc) is 2.32. The third-order valence-corrected chi connectivity index (χ3v) is 3.49. The molecular weight excluding hydrogens is 224 g/mol. The molecule has 3 nitrogen and oxygen atoms in total. The molecular formula is C15H22N2O. The summed E-state index contributed by atoms with van der Waals surface area (Å²) in [7, 11) is 0. The van der Waals surface area contributed by atoms with Gasteiger partial charge in [-0.25, -0.2) is 0 Å². The Morgan fingerprint density at radius 1 is 1.39 bits per heavy atom. The van der Waals surface area contributed by atoms with Gasteiger partial charge >= 0.3 is 0 Å². The van der Waals surface area contributed by atoms with Crippen LogP contribution in [0.25, 0.3) is 0 Å². The van der Waals surface area contributed by atoms with Gasteiger partial charge in [0.15, 0.2) is 0 Å². The number of hydrogen-bond acceptors (Lipinski definition) is 2. The first-order chi connectivity index (χ1) is 8.78. The van der Waals surface area contributed by atoms with E-state index in [2.05, 4.69) is 23.6 Å². The number of nitrogens with one attached hydrogen (secondary N) is 2. The van der Waals surface area contributed by atoms with E-state index in [9.17, 15) is 4.79 Å². The van der Waals surface area contributed by atoms with E-state index in [4.69, 9.17) is 0 Å². The molecule has 1 saturated carbocycles. The third-order valence-electron chi connectivity index (χ3n) is 3.49. The molecule has 0 unspecified atom stereocenters. The van der Waals surface area contributed by atoms with Crippen LogP contribution in [0.4, 0.5) is 5.69 Å². The molecule has 0 saturated heterocycles. The quantitative estimate of drug-likeness (QED) is 0.810. The minimum atomic E-state index is 0.153. The molecule has 0 heterocycles. The maximum atomic E-state index is 11.8. The lowest BCUT2D eigenvalue weighted by atomic mass is 9.83. The molecule has 0 bridgehead atoms. The minimum absolute atomic E-state index is 0.153. The first-order valence-electron chi connectivity index (χ1n) is 6.87. The monoisotopic (exact) mass is 246 g/mol. The molecule has 1 aliphatic rings. The largest absolute Gasteiger partial charge is 0.326 e. The number of rotatable bonds is 6. The summed E-state index contributed by atoms with van der Waals surface area (Å²) in [6.07, 6.45) is 4.40.